The van der Waals surface area contributed by atoms with Gasteiger partial charge in [-0.1, -0.05) is 25.6 Å². The number of piperidine rings is 1. The van der Waals surface area contributed by atoms with Gasteiger partial charge in [0.25, 0.3) is 5.56 Å². The Kier molecular flexibility index (Phi) is 6.25. The summed E-state index contributed by atoms with van der Waals surface area (Å²) in [7, 11) is 0. The number of rotatable bonds is 4. The van der Waals surface area contributed by atoms with E-state index in [0.29, 0.717) is 17.0 Å². The Labute approximate surface area is 175 Å². The van der Waals surface area contributed by atoms with Gasteiger partial charge in [0.1, 0.15) is 4.83 Å². The molecule has 0 spiro atoms. The summed E-state index contributed by atoms with van der Waals surface area (Å²) in [5.41, 5.74) is 1.02. The zero-order chi connectivity index (χ0) is 20.7. The SMILES string of the molecule is Cc1sc2nc(SC(C)C(=O)N3CC(C)CC(C)C3)n(C(C)C)c(=O)c2c1C. The molecule has 0 N–H and O–H groups in total. The first kappa shape index (κ1) is 21.4. The predicted molar refractivity (Wildman–Crippen MR) is 119 cm³/mol. The number of carbonyl (C=O) groups excluding carboxylic acids is 1. The molecule has 154 valence electrons. The minimum atomic E-state index is -0.269. The van der Waals surface area contributed by atoms with Crippen LogP contribution >= 0.6 is 23.1 Å². The molecule has 1 fully saturated rings. The normalized spacial score (nSPS) is 21.5. The van der Waals surface area contributed by atoms with Gasteiger partial charge in [0.2, 0.25) is 5.91 Å². The van der Waals surface area contributed by atoms with E-state index in [2.05, 4.69) is 13.8 Å². The largest absolute Gasteiger partial charge is 0.341 e. The molecule has 2 aromatic rings. The molecule has 0 bridgehead atoms. The van der Waals surface area contributed by atoms with Crippen molar-refractivity contribution in [3.8, 4) is 0 Å². The molecule has 3 rings (SSSR count). The van der Waals surface area contributed by atoms with E-state index in [1.807, 2.05) is 39.5 Å². The highest BCUT2D eigenvalue weighted by Gasteiger charge is 2.30. The van der Waals surface area contributed by atoms with Crippen LogP contribution in [0.15, 0.2) is 9.95 Å². The Bertz CT molecular complexity index is 937. The third-order valence-corrected chi connectivity index (χ3v) is 7.68. The maximum atomic E-state index is 13.2. The van der Waals surface area contributed by atoms with Gasteiger partial charge in [-0.2, -0.15) is 0 Å². The van der Waals surface area contributed by atoms with Gasteiger partial charge in [0.05, 0.1) is 10.6 Å². The van der Waals surface area contributed by atoms with E-state index in [-0.39, 0.29) is 22.8 Å². The topological polar surface area (TPSA) is 55.2 Å². The van der Waals surface area contributed by atoms with Crippen LogP contribution in [0.4, 0.5) is 0 Å². The Morgan fingerprint density at radius 2 is 1.79 bits per heavy atom. The molecule has 0 radical (unpaired) electrons. The van der Waals surface area contributed by atoms with E-state index in [4.69, 9.17) is 4.98 Å². The molecule has 3 atom stereocenters. The number of thioether (sulfide) groups is 1. The van der Waals surface area contributed by atoms with E-state index in [9.17, 15) is 9.59 Å². The molecule has 1 saturated heterocycles. The number of hydrogen-bond donors (Lipinski definition) is 0. The zero-order valence-corrected chi connectivity index (χ0v) is 19.5. The Hall–Kier alpha value is -1.34. The van der Waals surface area contributed by atoms with Crippen LogP contribution in [-0.2, 0) is 4.79 Å². The molecule has 5 nitrogen and oxygen atoms in total. The minimum Gasteiger partial charge on any atom is -0.341 e. The molecule has 0 aliphatic carbocycles. The van der Waals surface area contributed by atoms with Crippen LogP contribution < -0.4 is 5.56 Å². The molecule has 3 unspecified atom stereocenters. The lowest BCUT2D eigenvalue weighted by atomic mass is 9.92. The highest BCUT2D eigenvalue weighted by atomic mass is 32.2. The first-order chi connectivity index (χ1) is 13.1. The van der Waals surface area contributed by atoms with Crippen LogP contribution in [0.5, 0.6) is 0 Å². The van der Waals surface area contributed by atoms with Gasteiger partial charge in [0, 0.05) is 24.0 Å². The molecular formula is C21H31N3O2S2. The first-order valence-electron chi connectivity index (χ1n) is 10.1. The van der Waals surface area contributed by atoms with Crippen molar-refractivity contribution in [3.63, 3.8) is 0 Å². The highest BCUT2D eigenvalue weighted by Crippen LogP contribution is 2.32. The van der Waals surface area contributed by atoms with Crippen molar-refractivity contribution < 1.29 is 4.79 Å². The van der Waals surface area contributed by atoms with Gasteiger partial charge in [-0.15, -0.1) is 11.3 Å². The summed E-state index contributed by atoms with van der Waals surface area (Å²) in [6, 6.07) is -0.0103. The second kappa shape index (κ2) is 8.19. The predicted octanol–water partition coefficient (Wildman–Crippen LogP) is 4.64. The third kappa shape index (κ3) is 4.01. The molecular weight excluding hydrogens is 390 g/mol. The van der Waals surface area contributed by atoms with Crippen LogP contribution in [0.1, 0.15) is 57.5 Å². The standard InChI is InChI=1S/C21H31N3O2S2/c1-11(2)24-20(26)17-14(5)15(6)27-18(17)22-21(24)28-16(7)19(25)23-9-12(3)8-13(4)10-23/h11-13,16H,8-10H2,1-7H3. The van der Waals surface area contributed by atoms with Crippen molar-refractivity contribution in [3.05, 3.63) is 20.8 Å². The second-order valence-electron chi connectivity index (χ2n) is 8.58. The molecule has 0 saturated carbocycles. The van der Waals surface area contributed by atoms with Gasteiger partial charge in [-0.3, -0.25) is 14.2 Å². The summed E-state index contributed by atoms with van der Waals surface area (Å²) in [6.45, 7) is 16.0. The lowest BCUT2D eigenvalue weighted by Crippen LogP contribution is -2.45. The van der Waals surface area contributed by atoms with Crippen LogP contribution in [0, 0.1) is 25.7 Å². The number of aromatic nitrogens is 2. The fourth-order valence-electron chi connectivity index (χ4n) is 4.13. The Morgan fingerprint density at radius 3 is 2.36 bits per heavy atom. The highest BCUT2D eigenvalue weighted by molar-refractivity contribution is 8.00. The molecule has 1 aliphatic heterocycles. The summed E-state index contributed by atoms with van der Waals surface area (Å²) >= 11 is 2.97. The monoisotopic (exact) mass is 421 g/mol. The summed E-state index contributed by atoms with van der Waals surface area (Å²) in [6.07, 6.45) is 1.17. The molecule has 1 aliphatic rings. The van der Waals surface area contributed by atoms with E-state index >= 15 is 0 Å². The van der Waals surface area contributed by atoms with Crippen molar-refractivity contribution in [1.29, 1.82) is 0 Å². The van der Waals surface area contributed by atoms with Crippen LogP contribution in [0.3, 0.4) is 0 Å². The van der Waals surface area contributed by atoms with Crippen LogP contribution in [0.2, 0.25) is 0 Å². The number of fused-ring (bicyclic) bond motifs is 1. The van der Waals surface area contributed by atoms with Crippen LogP contribution in [-0.4, -0.2) is 38.7 Å². The second-order valence-corrected chi connectivity index (χ2v) is 11.1. The van der Waals surface area contributed by atoms with Crippen LogP contribution in [0.25, 0.3) is 10.2 Å². The number of likely N-dealkylation sites (tertiary alicyclic amines) is 1. The fourth-order valence-corrected chi connectivity index (χ4v) is 6.33. The summed E-state index contributed by atoms with van der Waals surface area (Å²) in [5, 5.41) is 1.10. The number of aryl methyl sites for hydroxylation is 2. The molecule has 0 aromatic carbocycles. The first-order valence-corrected chi connectivity index (χ1v) is 11.8. The molecule has 1 amide bonds. The van der Waals surface area contributed by atoms with E-state index < -0.39 is 0 Å². The zero-order valence-electron chi connectivity index (χ0n) is 17.9. The maximum absolute atomic E-state index is 13.2. The number of amides is 1. The Morgan fingerprint density at radius 1 is 1.18 bits per heavy atom. The van der Waals surface area contributed by atoms with Gasteiger partial charge in [0.15, 0.2) is 5.16 Å². The molecule has 7 heteroatoms. The summed E-state index contributed by atoms with van der Waals surface area (Å²) in [5.74, 6) is 1.21. The number of thiophene rings is 1. The quantitative estimate of drug-likeness (QED) is 0.533. The Balaban J connectivity index is 1.94. The number of hydrogen-bond acceptors (Lipinski definition) is 5. The van der Waals surface area contributed by atoms with Crippen molar-refractivity contribution in [2.45, 2.75) is 71.3 Å². The van der Waals surface area contributed by atoms with Gasteiger partial charge < -0.3 is 4.90 Å². The lowest BCUT2D eigenvalue weighted by Gasteiger charge is -2.36. The minimum absolute atomic E-state index is 0.00390. The van der Waals surface area contributed by atoms with Crippen molar-refractivity contribution in [2.75, 3.05) is 13.1 Å². The summed E-state index contributed by atoms with van der Waals surface area (Å²) < 4.78 is 1.75. The van der Waals surface area contributed by atoms with Gasteiger partial charge in [-0.05, 0) is 58.4 Å². The van der Waals surface area contributed by atoms with E-state index in [1.165, 1.54) is 18.2 Å². The average molecular weight is 422 g/mol. The maximum Gasteiger partial charge on any atom is 0.263 e. The van der Waals surface area contributed by atoms with Gasteiger partial charge in [-0.25, -0.2) is 4.98 Å². The van der Waals surface area contributed by atoms with Crippen molar-refractivity contribution in [2.24, 2.45) is 11.8 Å². The van der Waals surface area contributed by atoms with Crippen molar-refractivity contribution >= 4 is 39.2 Å². The summed E-state index contributed by atoms with van der Waals surface area (Å²) in [4.78, 5) is 35.0. The number of carbonyl (C=O) groups is 1. The molecule has 3 heterocycles. The average Bonchev–Trinajstić information content (AvgIpc) is 2.87. The van der Waals surface area contributed by atoms with Crippen molar-refractivity contribution in [1.82, 2.24) is 14.5 Å². The smallest absolute Gasteiger partial charge is 0.263 e. The number of nitrogens with zero attached hydrogens (tertiary/aromatic N) is 3. The van der Waals surface area contributed by atoms with Gasteiger partial charge >= 0.3 is 0 Å². The fraction of sp³-hybridized carbons (Fsp3) is 0.667. The van der Waals surface area contributed by atoms with E-state index in [0.717, 1.165) is 33.7 Å². The molecule has 2 aromatic heterocycles. The molecule has 28 heavy (non-hydrogen) atoms. The lowest BCUT2D eigenvalue weighted by molar-refractivity contribution is -0.132. The third-order valence-electron chi connectivity index (χ3n) is 5.53. The van der Waals surface area contributed by atoms with E-state index in [1.54, 1.807) is 15.9 Å².